The highest BCUT2D eigenvalue weighted by atomic mass is 79.9. The molecule has 5 heteroatoms. The maximum atomic E-state index is 13.1. The summed E-state index contributed by atoms with van der Waals surface area (Å²) in [5.74, 6) is -0.274. The SMILES string of the molecule is Fc1ccc(CNc2cc(Cl)cc(Cl)c2)cc1Br. The molecule has 1 nitrogen and oxygen atoms in total. The highest BCUT2D eigenvalue weighted by molar-refractivity contribution is 9.10. The Labute approximate surface area is 123 Å². The van der Waals surface area contributed by atoms with Crippen molar-refractivity contribution in [1.82, 2.24) is 0 Å². The average Bonchev–Trinajstić information content (AvgIpc) is 2.29. The van der Waals surface area contributed by atoms with E-state index in [-0.39, 0.29) is 5.82 Å². The second-order valence-electron chi connectivity index (χ2n) is 3.76. The summed E-state index contributed by atoms with van der Waals surface area (Å²) in [5.41, 5.74) is 1.78. The minimum Gasteiger partial charge on any atom is -0.381 e. The van der Waals surface area contributed by atoms with Crippen molar-refractivity contribution < 1.29 is 4.39 Å². The van der Waals surface area contributed by atoms with E-state index in [0.717, 1.165) is 11.3 Å². The standard InChI is InChI=1S/C13H9BrCl2FN/c14-12-3-8(1-2-13(12)17)7-18-11-5-9(15)4-10(16)6-11/h1-6,18H,7H2. The smallest absolute Gasteiger partial charge is 0.137 e. The van der Waals surface area contributed by atoms with Crippen molar-refractivity contribution in [3.8, 4) is 0 Å². The summed E-state index contributed by atoms with van der Waals surface area (Å²) in [4.78, 5) is 0. The van der Waals surface area contributed by atoms with Gasteiger partial charge in [0, 0.05) is 22.3 Å². The summed E-state index contributed by atoms with van der Waals surface area (Å²) in [5, 5.41) is 4.33. The molecular formula is C13H9BrCl2FN. The van der Waals surface area contributed by atoms with Gasteiger partial charge in [-0.3, -0.25) is 0 Å². The Balaban J connectivity index is 2.08. The molecule has 0 saturated carbocycles. The molecule has 0 bridgehead atoms. The van der Waals surface area contributed by atoms with Gasteiger partial charge in [0.15, 0.2) is 0 Å². The van der Waals surface area contributed by atoms with Gasteiger partial charge in [0.05, 0.1) is 4.47 Å². The first-order valence-corrected chi connectivity index (χ1v) is 6.73. The largest absolute Gasteiger partial charge is 0.381 e. The van der Waals surface area contributed by atoms with Gasteiger partial charge >= 0.3 is 0 Å². The van der Waals surface area contributed by atoms with Gasteiger partial charge in [0.25, 0.3) is 0 Å². The lowest BCUT2D eigenvalue weighted by Crippen LogP contribution is -1.99. The summed E-state index contributed by atoms with van der Waals surface area (Å²) in [6.07, 6.45) is 0. The molecule has 0 fully saturated rings. The molecule has 2 rings (SSSR count). The Hall–Kier alpha value is -0.770. The lowest BCUT2D eigenvalue weighted by molar-refractivity contribution is 0.620. The van der Waals surface area contributed by atoms with E-state index in [1.807, 2.05) is 0 Å². The molecule has 18 heavy (non-hydrogen) atoms. The number of hydrogen-bond donors (Lipinski definition) is 1. The van der Waals surface area contributed by atoms with Gasteiger partial charge in [-0.2, -0.15) is 0 Å². The van der Waals surface area contributed by atoms with E-state index >= 15 is 0 Å². The van der Waals surface area contributed by atoms with E-state index in [1.165, 1.54) is 6.07 Å². The Morgan fingerprint density at radius 3 is 2.33 bits per heavy atom. The lowest BCUT2D eigenvalue weighted by Gasteiger charge is -2.08. The molecule has 0 saturated heterocycles. The van der Waals surface area contributed by atoms with Crippen LogP contribution in [0, 0.1) is 5.82 Å². The van der Waals surface area contributed by atoms with Crippen LogP contribution in [0.3, 0.4) is 0 Å². The molecule has 0 unspecified atom stereocenters. The van der Waals surface area contributed by atoms with Crippen LogP contribution in [-0.2, 0) is 6.54 Å². The zero-order chi connectivity index (χ0) is 13.1. The predicted octanol–water partition coefficient (Wildman–Crippen LogP) is 5.51. The molecule has 2 aromatic carbocycles. The molecule has 0 aliphatic heterocycles. The normalized spacial score (nSPS) is 10.4. The van der Waals surface area contributed by atoms with E-state index in [9.17, 15) is 4.39 Å². The highest BCUT2D eigenvalue weighted by Crippen LogP contribution is 2.23. The quantitative estimate of drug-likeness (QED) is 0.771. The molecule has 0 aromatic heterocycles. The van der Waals surface area contributed by atoms with Crippen LogP contribution >= 0.6 is 39.1 Å². The monoisotopic (exact) mass is 347 g/mol. The van der Waals surface area contributed by atoms with Crippen LogP contribution in [0.5, 0.6) is 0 Å². The first-order chi connectivity index (χ1) is 8.54. The number of rotatable bonds is 3. The Bertz CT molecular complexity index is 555. The van der Waals surface area contributed by atoms with Crippen LogP contribution < -0.4 is 5.32 Å². The van der Waals surface area contributed by atoms with E-state index in [0.29, 0.717) is 21.1 Å². The molecule has 94 valence electrons. The van der Waals surface area contributed by atoms with Crippen molar-refractivity contribution in [2.75, 3.05) is 5.32 Å². The summed E-state index contributed by atoms with van der Waals surface area (Å²) in [6.45, 7) is 0.565. The first kappa shape index (κ1) is 13.7. The third-order valence-corrected chi connectivity index (χ3v) is 3.39. The minimum absolute atomic E-state index is 0.274. The highest BCUT2D eigenvalue weighted by Gasteiger charge is 2.02. The third kappa shape index (κ3) is 3.61. The number of benzene rings is 2. The van der Waals surface area contributed by atoms with Crippen LogP contribution in [0.15, 0.2) is 40.9 Å². The average molecular weight is 349 g/mol. The van der Waals surface area contributed by atoms with Gasteiger partial charge in [-0.15, -0.1) is 0 Å². The van der Waals surface area contributed by atoms with Gasteiger partial charge in [-0.25, -0.2) is 4.39 Å². The van der Waals surface area contributed by atoms with Crippen LogP contribution in [0.25, 0.3) is 0 Å². The van der Waals surface area contributed by atoms with Gasteiger partial charge in [0.1, 0.15) is 5.82 Å². The second kappa shape index (κ2) is 5.91. The summed E-state index contributed by atoms with van der Waals surface area (Å²) >= 11 is 14.9. The third-order valence-electron chi connectivity index (χ3n) is 2.34. The van der Waals surface area contributed by atoms with Gasteiger partial charge in [0.2, 0.25) is 0 Å². The van der Waals surface area contributed by atoms with Crippen molar-refractivity contribution in [2.45, 2.75) is 6.54 Å². The maximum absolute atomic E-state index is 13.1. The molecule has 1 N–H and O–H groups in total. The number of hydrogen-bond acceptors (Lipinski definition) is 1. The molecule has 2 aromatic rings. The number of nitrogens with one attached hydrogen (secondary N) is 1. The van der Waals surface area contributed by atoms with Crippen LogP contribution in [-0.4, -0.2) is 0 Å². The first-order valence-electron chi connectivity index (χ1n) is 5.18. The van der Waals surface area contributed by atoms with Crippen molar-refractivity contribution in [3.63, 3.8) is 0 Å². The molecule has 0 amide bonds. The molecule has 0 aliphatic rings. The Morgan fingerprint density at radius 1 is 1.06 bits per heavy atom. The topological polar surface area (TPSA) is 12.0 Å². The van der Waals surface area contributed by atoms with Crippen molar-refractivity contribution in [2.24, 2.45) is 0 Å². The van der Waals surface area contributed by atoms with E-state index < -0.39 is 0 Å². The predicted molar refractivity (Wildman–Crippen MR) is 77.9 cm³/mol. The van der Waals surface area contributed by atoms with Gasteiger partial charge in [-0.1, -0.05) is 29.3 Å². The molecular weight excluding hydrogens is 340 g/mol. The summed E-state index contributed by atoms with van der Waals surface area (Å²) in [6, 6.07) is 10.1. The number of halogens is 4. The molecule has 0 spiro atoms. The van der Waals surface area contributed by atoms with Gasteiger partial charge < -0.3 is 5.32 Å². The maximum Gasteiger partial charge on any atom is 0.137 e. The lowest BCUT2D eigenvalue weighted by atomic mass is 10.2. The minimum atomic E-state index is -0.274. The van der Waals surface area contributed by atoms with Crippen LogP contribution in [0.4, 0.5) is 10.1 Å². The molecule has 0 heterocycles. The van der Waals surface area contributed by atoms with Crippen molar-refractivity contribution in [1.29, 1.82) is 0 Å². The van der Waals surface area contributed by atoms with Crippen LogP contribution in [0.1, 0.15) is 5.56 Å². The molecule has 0 radical (unpaired) electrons. The van der Waals surface area contributed by atoms with E-state index in [4.69, 9.17) is 23.2 Å². The van der Waals surface area contributed by atoms with E-state index in [2.05, 4.69) is 21.2 Å². The number of anilines is 1. The summed E-state index contributed by atoms with van der Waals surface area (Å²) in [7, 11) is 0. The fourth-order valence-electron chi connectivity index (χ4n) is 1.51. The molecule has 0 aliphatic carbocycles. The Kier molecular flexibility index (Phi) is 4.49. The summed E-state index contributed by atoms with van der Waals surface area (Å²) < 4.78 is 13.5. The Morgan fingerprint density at radius 2 is 1.72 bits per heavy atom. The van der Waals surface area contributed by atoms with Crippen LogP contribution in [0.2, 0.25) is 10.0 Å². The zero-order valence-electron chi connectivity index (χ0n) is 9.18. The fourth-order valence-corrected chi connectivity index (χ4v) is 2.46. The van der Waals surface area contributed by atoms with Crippen molar-refractivity contribution in [3.05, 3.63) is 62.3 Å². The zero-order valence-corrected chi connectivity index (χ0v) is 12.3. The molecule has 0 atom stereocenters. The fraction of sp³-hybridized carbons (Fsp3) is 0.0769. The second-order valence-corrected chi connectivity index (χ2v) is 5.49. The van der Waals surface area contributed by atoms with Crippen molar-refractivity contribution >= 4 is 44.8 Å². The van der Waals surface area contributed by atoms with Gasteiger partial charge in [-0.05, 0) is 51.8 Å². The van der Waals surface area contributed by atoms with E-state index in [1.54, 1.807) is 30.3 Å².